The van der Waals surface area contributed by atoms with Gasteiger partial charge in [0.15, 0.2) is 5.69 Å². The molecule has 0 bridgehead atoms. The Morgan fingerprint density at radius 3 is 2.70 bits per heavy atom. The largest absolute Gasteiger partial charge is 0.476 e. The summed E-state index contributed by atoms with van der Waals surface area (Å²) < 4.78 is 1.38. The van der Waals surface area contributed by atoms with Gasteiger partial charge in [0.2, 0.25) is 5.91 Å². The molecule has 0 saturated carbocycles. The third-order valence-electron chi connectivity index (χ3n) is 2.49. The molecule has 0 atom stereocenters. The Kier molecular flexibility index (Phi) is 4.30. The van der Waals surface area contributed by atoms with Gasteiger partial charge >= 0.3 is 10.8 Å². The summed E-state index contributed by atoms with van der Waals surface area (Å²) in [6, 6.07) is 0. The SMILES string of the molecule is Cc1csc(=O)n1CC(=O)NCc1nc(C(=O)O)cs1. The lowest BCUT2D eigenvalue weighted by Crippen LogP contribution is -2.30. The molecule has 0 aliphatic rings. The van der Waals surface area contributed by atoms with E-state index in [2.05, 4.69) is 10.3 Å². The number of hydrogen-bond acceptors (Lipinski definition) is 6. The lowest BCUT2D eigenvalue weighted by molar-refractivity contribution is -0.121. The second-order valence-corrected chi connectivity index (χ2v) is 5.70. The summed E-state index contributed by atoms with van der Waals surface area (Å²) in [6.07, 6.45) is 0. The average molecular weight is 313 g/mol. The molecular formula is C11H11N3O4S2. The lowest BCUT2D eigenvalue weighted by atomic mass is 10.4. The summed E-state index contributed by atoms with van der Waals surface area (Å²) in [5.74, 6) is -1.42. The zero-order valence-corrected chi connectivity index (χ0v) is 12.1. The Bertz CT molecular complexity index is 701. The standard InChI is InChI=1S/C11H11N3O4S2/c1-6-4-20-11(18)14(6)3-8(15)12-2-9-13-7(5-19-9)10(16)17/h4-5H,2-3H2,1H3,(H,12,15)(H,16,17). The van der Waals surface area contributed by atoms with Crippen molar-refractivity contribution in [1.29, 1.82) is 0 Å². The number of carboxylic acid groups (broad SMARTS) is 1. The number of aromatic carboxylic acids is 1. The Balaban J connectivity index is 1.92. The summed E-state index contributed by atoms with van der Waals surface area (Å²) >= 11 is 2.21. The quantitative estimate of drug-likeness (QED) is 0.845. The van der Waals surface area contributed by atoms with Gasteiger partial charge in [0.05, 0.1) is 6.54 Å². The second kappa shape index (κ2) is 5.97. The molecule has 0 saturated heterocycles. The fourth-order valence-corrected chi connectivity index (χ4v) is 2.90. The van der Waals surface area contributed by atoms with Crippen molar-refractivity contribution < 1.29 is 14.7 Å². The maximum Gasteiger partial charge on any atom is 0.355 e. The molecule has 0 radical (unpaired) electrons. The van der Waals surface area contributed by atoms with E-state index in [1.807, 2.05) is 0 Å². The molecule has 0 aliphatic carbocycles. The number of amides is 1. The smallest absolute Gasteiger partial charge is 0.355 e. The maximum atomic E-state index is 11.7. The number of carboxylic acids is 1. The summed E-state index contributed by atoms with van der Waals surface area (Å²) in [4.78, 5) is 37.5. The molecule has 2 rings (SSSR count). The number of carbonyl (C=O) groups is 2. The number of nitrogens with one attached hydrogen (secondary N) is 1. The molecule has 0 unspecified atom stereocenters. The van der Waals surface area contributed by atoms with E-state index in [9.17, 15) is 14.4 Å². The van der Waals surface area contributed by atoms with Crippen LogP contribution in [0, 0.1) is 6.92 Å². The molecule has 9 heteroatoms. The molecule has 0 spiro atoms. The third-order valence-corrected chi connectivity index (χ3v) is 4.22. The van der Waals surface area contributed by atoms with Crippen LogP contribution in [0.25, 0.3) is 0 Å². The number of aryl methyl sites for hydroxylation is 1. The van der Waals surface area contributed by atoms with Crippen LogP contribution in [0.1, 0.15) is 21.2 Å². The highest BCUT2D eigenvalue weighted by molar-refractivity contribution is 7.09. The van der Waals surface area contributed by atoms with Crippen molar-refractivity contribution in [3.05, 3.63) is 36.8 Å². The van der Waals surface area contributed by atoms with Crippen molar-refractivity contribution in [2.45, 2.75) is 20.0 Å². The van der Waals surface area contributed by atoms with Crippen LogP contribution in [-0.2, 0) is 17.9 Å². The van der Waals surface area contributed by atoms with Gasteiger partial charge in [-0.25, -0.2) is 9.78 Å². The van der Waals surface area contributed by atoms with Crippen LogP contribution in [0.5, 0.6) is 0 Å². The van der Waals surface area contributed by atoms with Gasteiger partial charge in [0, 0.05) is 16.5 Å². The van der Waals surface area contributed by atoms with Gasteiger partial charge in [-0.2, -0.15) is 0 Å². The van der Waals surface area contributed by atoms with Gasteiger partial charge in [-0.15, -0.1) is 11.3 Å². The monoisotopic (exact) mass is 313 g/mol. The van der Waals surface area contributed by atoms with E-state index >= 15 is 0 Å². The van der Waals surface area contributed by atoms with E-state index in [1.165, 1.54) is 9.95 Å². The molecule has 2 aromatic rings. The fourth-order valence-electron chi connectivity index (χ4n) is 1.46. The Labute approximate surface area is 121 Å². The summed E-state index contributed by atoms with van der Waals surface area (Å²) in [7, 11) is 0. The molecular weight excluding hydrogens is 302 g/mol. The summed E-state index contributed by atoms with van der Waals surface area (Å²) in [5.41, 5.74) is 0.696. The number of rotatable bonds is 5. The zero-order valence-electron chi connectivity index (χ0n) is 10.5. The Morgan fingerprint density at radius 1 is 1.40 bits per heavy atom. The van der Waals surface area contributed by atoms with Gasteiger partial charge in [0.1, 0.15) is 11.6 Å². The first kappa shape index (κ1) is 14.4. The topological polar surface area (TPSA) is 101 Å². The van der Waals surface area contributed by atoms with Gasteiger partial charge in [0.25, 0.3) is 0 Å². The van der Waals surface area contributed by atoms with Crippen molar-refractivity contribution in [3.63, 3.8) is 0 Å². The maximum absolute atomic E-state index is 11.7. The molecule has 106 valence electrons. The van der Waals surface area contributed by atoms with E-state index in [0.29, 0.717) is 5.01 Å². The first-order valence-corrected chi connectivity index (χ1v) is 7.32. The van der Waals surface area contributed by atoms with Crippen LogP contribution in [0.15, 0.2) is 15.6 Å². The molecule has 7 nitrogen and oxygen atoms in total. The van der Waals surface area contributed by atoms with E-state index in [-0.39, 0.29) is 29.6 Å². The molecule has 0 fully saturated rings. The average Bonchev–Trinajstić information content (AvgIpc) is 2.98. The number of carbonyl (C=O) groups excluding carboxylic acids is 1. The predicted octanol–water partition coefficient (Wildman–Crippen LogP) is 0.689. The van der Waals surface area contributed by atoms with Crippen LogP contribution in [0.2, 0.25) is 0 Å². The van der Waals surface area contributed by atoms with Crippen LogP contribution in [0.3, 0.4) is 0 Å². The van der Waals surface area contributed by atoms with E-state index in [0.717, 1.165) is 28.4 Å². The molecule has 2 heterocycles. The molecule has 0 aromatic carbocycles. The second-order valence-electron chi connectivity index (χ2n) is 3.94. The van der Waals surface area contributed by atoms with E-state index in [1.54, 1.807) is 12.3 Å². The first-order chi connectivity index (χ1) is 9.47. The van der Waals surface area contributed by atoms with Gasteiger partial charge in [-0.05, 0) is 6.92 Å². The van der Waals surface area contributed by atoms with Gasteiger partial charge in [-0.1, -0.05) is 11.3 Å². The molecule has 2 aromatic heterocycles. The Hall–Kier alpha value is -2.00. The molecule has 0 aliphatic heterocycles. The highest BCUT2D eigenvalue weighted by Crippen LogP contribution is 2.09. The van der Waals surface area contributed by atoms with Crippen molar-refractivity contribution in [3.8, 4) is 0 Å². The van der Waals surface area contributed by atoms with Crippen molar-refractivity contribution in [2.75, 3.05) is 0 Å². The van der Waals surface area contributed by atoms with E-state index in [4.69, 9.17) is 5.11 Å². The molecule has 1 amide bonds. The van der Waals surface area contributed by atoms with Crippen LogP contribution in [0.4, 0.5) is 0 Å². The number of aromatic nitrogens is 2. The number of nitrogens with zero attached hydrogens (tertiary/aromatic N) is 2. The van der Waals surface area contributed by atoms with Crippen molar-refractivity contribution in [2.24, 2.45) is 0 Å². The summed E-state index contributed by atoms with van der Waals surface area (Å²) in [6.45, 7) is 1.85. The van der Waals surface area contributed by atoms with E-state index < -0.39 is 5.97 Å². The zero-order chi connectivity index (χ0) is 14.7. The minimum absolute atomic E-state index is 0.0378. The number of thiazole rings is 2. The van der Waals surface area contributed by atoms with Crippen molar-refractivity contribution in [1.82, 2.24) is 14.9 Å². The van der Waals surface area contributed by atoms with Gasteiger partial charge in [-0.3, -0.25) is 14.2 Å². The fraction of sp³-hybridized carbons (Fsp3) is 0.273. The minimum Gasteiger partial charge on any atom is -0.476 e. The first-order valence-electron chi connectivity index (χ1n) is 5.56. The van der Waals surface area contributed by atoms with Crippen LogP contribution >= 0.6 is 22.7 Å². The highest BCUT2D eigenvalue weighted by atomic mass is 32.1. The van der Waals surface area contributed by atoms with Crippen molar-refractivity contribution >= 4 is 34.6 Å². The number of hydrogen-bond donors (Lipinski definition) is 2. The van der Waals surface area contributed by atoms with Gasteiger partial charge < -0.3 is 10.4 Å². The van der Waals surface area contributed by atoms with Crippen LogP contribution < -0.4 is 10.2 Å². The summed E-state index contributed by atoms with van der Waals surface area (Å²) in [5, 5.41) is 14.9. The predicted molar refractivity (Wildman–Crippen MR) is 74.2 cm³/mol. The normalized spacial score (nSPS) is 10.4. The molecule has 20 heavy (non-hydrogen) atoms. The highest BCUT2D eigenvalue weighted by Gasteiger charge is 2.11. The Morgan fingerprint density at radius 2 is 2.15 bits per heavy atom. The molecule has 2 N–H and O–H groups in total. The minimum atomic E-state index is -1.10. The third kappa shape index (κ3) is 3.31. The van der Waals surface area contributed by atoms with Crippen LogP contribution in [-0.4, -0.2) is 26.5 Å². The lowest BCUT2D eigenvalue weighted by Gasteiger charge is -2.05.